The van der Waals surface area contributed by atoms with Crippen LogP contribution in [0.1, 0.15) is 20.8 Å². The van der Waals surface area contributed by atoms with Crippen molar-refractivity contribution in [3.63, 3.8) is 0 Å². The van der Waals surface area contributed by atoms with Gasteiger partial charge in [0, 0.05) is 10.8 Å². The quantitative estimate of drug-likeness (QED) is 0.377. The maximum atomic E-state index is 5.73. The van der Waals surface area contributed by atoms with Gasteiger partial charge in [0.05, 0.1) is 0 Å². The lowest BCUT2D eigenvalue weighted by molar-refractivity contribution is 0.493. The summed E-state index contributed by atoms with van der Waals surface area (Å²) >= 11 is 5.73. The summed E-state index contributed by atoms with van der Waals surface area (Å²) < 4.78 is 0. The zero-order valence-electron chi connectivity index (χ0n) is 5.53. The molecule has 0 bridgehead atoms. The molecule has 0 heterocycles. The molecule has 0 nitrogen and oxygen atoms in total. The van der Waals surface area contributed by atoms with Crippen molar-refractivity contribution < 1.29 is 0 Å². The van der Waals surface area contributed by atoms with E-state index in [-0.39, 0.29) is 10.8 Å². The standard InChI is InChI=1S/C7H11Cl/c1-5-7(3,4)6(2)8/h1,6H,2-4H3. The molecule has 1 unspecified atom stereocenters. The Morgan fingerprint density at radius 3 is 2.00 bits per heavy atom. The smallest absolute Gasteiger partial charge is 0.0468 e. The van der Waals surface area contributed by atoms with Gasteiger partial charge in [0.2, 0.25) is 0 Å². The van der Waals surface area contributed by atoms with E-state index in [1.807, 2.05) is 20.8 Å². The first-order chi connectivity index (χ1) is 3.50. The predicted molar refractivity (Wildman–Crippen MR) is 37.9 cm³/mol. The van der Waals surface area contributed by atoms with Crippen molar-refractivity contribution in [1.82, 2.24) is 0 Å². The monoisotopic (exact) mass is 130 g/mol. The van der Waals surface area contributed by atoms with E-state index in [4.69, 9.17) is 18.0 Å². The molecule has 0 aromatic carbocycles. The Hall–Kier alpha value is -0.150. The minimum atomic E-state index is -0.165. The Morgan fingerprint density at radius 1 is 1.62 bits per heavy atom. The van der Waals surface area contributed by atoms with Crippen molar-refractivity contribution in [2.75, 3.05) is 0 Å². The van der Waals surface area contributed by atoms with Gasteiger partial charge >= 0.3 is 0 Å². The normalized spacial score (nSPS) is 14.9. The van der Waals surface area contributed by atoms with Gasteiger partial charge < -0.3 is 0 Å². The molecule has 0 rings (SSSR count). The highest BCUT2D eigenvalue weighted by atomic mass is 35.5. The van der Waals surface area contributed by atoms with Gasteiger partial charge in [-0.15, -0.1) is 18.0 Å². The van der Waals surface area contributed by atoms with Crippen LogP contribution in [-0.2, 0) is 0 Å². The minimum Gasteiger partial charge on any atom is -0.122 e. The summed E-state index contributed by atoms with van der Waals surface area (Å²) in [5, 5.41) is 0.0486. The van der Waals surface area contributed by atoms with E-state index in [9.17, 15) is 0 Å². The second kappa shape index (κ2) is 2.42. The first kappa shape index (κ1) is 7.85. The summed E-state index contributed by atoms with van der Waals surface area (Å²) in [6.07, 6.45) is 5.17. The van der Waals surface area contributed by atoms with Gasteiger partial charge in [-0.25, -0.2) is 0 Å². The molecule has 0 aliphatic rings. The van der Waals surface area contributed by atoms with Crippen molar-refractivity contribution in [2.24, 2.45) is 5.41 Å². The Labute approximate surface area is 56.2 Å². The number of terminal acetylenes is 1. The highest BCUT2D eigenvalue weighted by molar-refractivity contribution is 6.21. The van der Waals surface area contributed by atoms with Gasteiger partial charge in [0.15, 0.2) is 0 Å². The summed E-state index contributed by atoms with van der Waals surface area (Å²) in [5.74, 6) is 2.61. The molecular weight excluding hydrogens is 120 g/mol. The number of rotatable bonds is 1. The number of alkyl halides is 1. The van der Waals surface area contributed by atoms with Crippen molar-refractivity contribution >= 4 is 11.6 Å². The fourth-order valence-corrected chi connectivity index (χ4v) is 0.178. The maximum absolute atomic E-state index is 5.73. The topological polar surface area (TPSA) is 0 Å². The molecule has 0 aliphatic carbocycles. The molecule has 1 atom stereocenters. The molecular formula is C7H11Cl. The third-order valence-electron chi connectivity index (χ3n) is 1.37. The van der Waals surface area contributed by atoms with Crippen molar-refractivity contribution in [1.29, 1.82) is 0 Å². The number of hydrogen-bond acceptors (Lipinski definition) is 0. The van der Waals surface area contributed by atoms with Crippen LogP contribution in [0.15, 0.2) is 0 Å². The van der Waals surface area contributed by atoms with Gasteiger partial charge in [0.25, 0.3) is 0 Å². The molecule has 0 radical (unpaired) electrons. The van der Waals surface area contributed by atoms with Crippen LogP contribution >= 0.6 is 11.6 Å². The van der Waals surface area contributed by atoms with Crippen LogP contribution in [0.3, 0.4) is 0 Å². The Balaban J connectivity index is 3.97. The predicted octanol–water partition coefficient (Wildman–Crippen LogP) is 2.27. The molecule has 8 heavy (non-hydrogen) atoms. The molecule has 0 N–H and O–H groups in total. The molecule has 0 aliphatic heterocycles. The lowest BCUT2D eigenvalue weighted by Gasteiger charge is -2.19. The van der Waals surface area contributed by atoms with E-state index in [1.165, 1.54) is 0 Å². The Morgan fingerprint density at radius 2 is 2.00 bits per heavy atom. The molecule has 0 fully saturated rings. The third-order valence-corrected chi connectivity index (χ3v) is 1.91. The number of halogens is 1. The summed E-state index contributed by atoms with van der Waals surface area (Å²) in [7, 11) is 0. The van der Waals surface area contributed by atoms with E-state index in [1.54, 1.807) is 0 Å². The molecule has 0 aromatic rings. The minimum absolute atomic E-state index is 0.0486. The summed E-state index contributed by atoms with van der Waals surface area (Å²) in [6.45, 7) is 5.80. The Kier molecular flexibility index (Phi) is 2.37. The van der Waals surface area contributed by atoms with Gasteiger partial charge in [-0.05, 0) is 20.8 Å². The third kappa shape index (κ3) is 1.76. The van der Waals surface area contributed by atoms with Crippen molar-refractivity contribution in [3.8, 4) is 12.3 Å². The van der Waals surface area contributed by atoms with Crippen molar-refractivity contribution in [2.45, 2.75) is 26.1 Å². The second-order valence-electron chi connectivity index (χ2n) is 2.48. The second-order valence-corrected chi connectivity index (χ2v) is 3.14. The van der Waals surface area contributed by atoms with Crippen LogP contribution in [0, 0.1) is 17.8 Å². The van der Waals surface area contributed by atoms with Crippen molar-refractivity contribution in [3.05, 3.63) is 0 Å². The maximum Gasteiger partial charge on any atom is 0.0468 e. The fourth-order valence-electron chi connectivity index (χ4n) is 0.115. The molecule has 1 heteroatoms. The van der Waals surface area contributed by atoms with Crippen LogP contribution in [0.5, 0.6) is 0 Å². The summed E-state index contributed by atoms with van der Waals surface area (Å²) in [4.78, 5) is 0. The first-order valence-corrected chi connectivity index (χ1v) is 3.06. The highest BCUT2D eigenvalue weighted by Gasteiger charge is 2.19. The van der Waals surface area contributed by atoms with Crippen LogP contribution in [0.25, 0.3) is 0 Å². The average molecular weight is 131 g/mol. The van der Waals surface area contributed by atoms with E-state index in [0.29, 0.717) is 0 Å². The molecule has 0 amide bonds. The van der Waals surface area contributed by atoms with E-state index >= 15 is 0 Å². The van der Waals surface area contributed by atoms with Crippen LogP contribution in [0.2, 0.25) is 0 Å². The average Bonchev–Trinajstić information content (AvgIpc) is 1.67. The SMILES string of the molecule is C#CC(C)(C)C(C)Cl. The fraction of sp³-hybridized carbons (Fsp3) is 0.714. The zero-order chi connectivity index (χ0) is 6.78. The molecule has 0 saturated carbocycles. The highest BCUT2D eigenvalue weighted by Crippen LogP contribution is 2.22. The molecule has 0 aromatic heterocycles. The van der Waals surface area contributed by atoms with Crippen LogP contribution in [0.4, 0.5) is 0 Å². The number of hydrogen-bond donors (Lipinski definition) is 0. The largest absolute Gasteiger partial charge is 0.122 e. The molecule has 0 saturated heterocycles. The summed E-state index contributed by atoms with van der Waals surface area (Å²) in [6, 6.07) is 0. The molecule has 0 spiro atoms. The van der Waals surface area contributed by atoms with Gasteiger partial charge in [0.1, 0.15) is 0 Å². The van der Waals surface area contributed by atoms with Crippen LogP contribution < -0.4 is 0 Å². The van der Waals surface area contributed by atoms with Crippen LogP contribution in [-0.4, -0.2) is 5.38 Å². The lowest BCUT2D eigenvalue weighted by Crippen LogP contribution is -2.18. The van der Waals surface area contributed by atoms with E-state index in [0.717, 1.165) is 0 Å². The van der Waals surface area contributed by atoms with Gasteiger partial charge in [-0.3, -0.25) is 0 Å². The van der Waals surface area contributed by atoms with Gasteiger partial charge in [-0.2, -0.15) is 0 Å². The van der Waals surface area contributed by atoms with E-state index < -0.39 is 0 Å². The Bertz CT molecular complexity index is 106. The molecule has 46 valence electrons. The van der Waals surface area contributed by atoms with E-state index in [2.05, 4.69) is 5.92 Å². The zero-order valence-corrected chi connectivity index (χ0v) is 6.29. The van der Waals surface area contributed by atoms with Gasteiger partial charge in [-0.1, -0.05) is 5.92 Å². The lowest BCUT2D eigenvalue weighted by atomic mass is 9.91. The first-order valence-electron chi connectivity index (χ1n) is 2.62. The summed E-state index contributed by atoms with van der Waals surface area (Å²) in [5.41, 5.74) is -0.165.